The maximum atomic E-state index is 11.7. The van der Waals surface area contributed by atoms with Gasteiger partial charge in [0.15, 0.2) is 0 Å². The molecule has 0 radical (unpaired) electrons. The van der Waals surface area contributed by atoms with Crippen molar-refractivity contribution in [3.63, 3.8) is 0 Å². The first-order valence-electron chi connectivity index (χ1n) is 17.8. The van der Waals surface area contributed by atoms with E-state index in [1.165, 1.54) is 0 Å². The number of carbonyl (C=O) groups excluding carboxylic acids is 4. The van der Waals surface area contributed by atoms with Gasteiger partial charge in [-0.3, -0.25) is 0 Å². The molecule has 17 heteroatoms. The molecule has 4 aliphatic heterocycles. The molecule has 6 aromatic carbocycles. The van der Waals surface area contributed by atoms with E-state index in [4.69, 9.17) is 27.1 Å². The molecule has 1 atom stereocenters. The van der Waals surface area contributed by atoms with Gasteiger partial charge in [-0.2, -0.15) is 0 Å². The third-order valence-corrected chi connectivity index (χ3v) is 29.4. The summed E-state index contributed by atoms with van der Waals surface area (Å²) in [5, 5.41) is 0. The summed E-state index contributed by atoms with van der Waals surface area (Å²) in [6.45, 7) is 0. The van der Waals surface area contributed by atoms with Gasteiger partial charge in [-0.15, -0.1) is 0 Å². The average molecular weight is 854 g/mol. The van der Waals surface area contributed by atoms with Gasteiger partial charge in [0, 0.05) is 0 Å². The number of benzene rings is 6. The summed E-state index contributed by atoms with van der Waals surface area (Å²) in [5.74, 6) is 1.99. The van der Waals surface area contributed by atoms with Crippen LogP contribution in [0.1, 0.15) is 41.4 Å². The monoisotopic (exact) mass is 853 g/mol. The number of fused-ring (bicyclic) bond motifs is 3. The third-order valence-electron chi connectivity index (χ3n) is 9.58. The van der Waals surface area contributed by atoms with E-state index in [-0.39, 0.29) is 5.90 Å². The van der Waals surface area contributed by atoms with E-state index < -0.39 is 21.8 Å². The Morgan fingerprint density at radius 1 is 0.431 bits per heavy atom. The standard InChI is InChI=1S/C41H35N3O10P4/c45-25-30-9-17-34(18-10-30)49-56(50-35-19-11-31(26-46)12-20-35)29-57(42-56,51-36-21-13-32(27-47)14-22-36,52-37-23-15-33(28-48)16-24-37)44-58(55,43-56)53-40-7-3-1-5-38(40)39-6-2-4-8-41(39)54-58/h1-28,42-44H,29,55H2. The van der Waals surface area contributed by atoms with Crippen molar-refractivity contribution < 1.29 is 46.3 Å². The van der Waals surface area contributed by atoms with Gasteiger partial charge in [0.05, 0.1) is 0 Å². The number of aldehydes is 4. The molecule has 3 N–H and O–H groups in total. The zero-order valence-corrected chi connectivity index (χ0v) is 34.2. The molecule has 2 bridgehead atoms. The molecule has 0 saturated carbocycles. The van der Waals surface area contributed by atoms with Gasteiger partial charge < -0.3 is 0 Å². The van der Waals surface area contributed by atoms with Crippen LogP contribution in [0.15, 0.2) is 146 Å². The molecule has 58 heavy (non-hydrogen) atoms. The number of para-hydroxylation sites is 2. The van der Waals surface area contributed by atoms with Crippen molar-refractivity contribution in [2.24, 2.45) is 0 Å². The number of nitrogens with one attached hydrogen (secondary N) is 3. The molecule has 0 amide bonds. The van der Waals surface area contributed by atoms with Crippen molar-refractivity contribution >= 4 is 55.8 Å². The van der Waals surface area contributed by atoms with Crippen LogP contribution in [0.5, 0.6) is 34.5 Å². The van der Waals surface area contributed by atoms with Crippen molar-refractivity contribution in [3.8, 4) is 45.6 Å². The first-order valence-corrected chi connectivity index (χ1v) is 26.0. The SMILES string of the molecule is O=Cc1ccc(OP23(Oc4ccc(C=O)cc4)CP(Oc4ccc(C=O)cc4)(Oc4ccc(C=O)cc4)(NP4(P)(N2)Oc2ccccc2-c2ccccc2O4)N3)cc1. The van der Waals surface area contributed by atoms with Crippen LogP contribution in [0.3, 0.4) is 0 Å². The predicted molar refractivity (Wildman–Crippen MR) is 228 cm³/mol. The molecule has 0 aliphatic carbocycles. The van der Waals surface area contributed by atoms with E-state index in [1.807, 2.05) is 48.5 Å². The summed E-state index contributed by atoms with van der Waals surface area (Å²) >= 11 is 0. The van der Waals surface area contributed by atoms with Crippen LogP contribution in [0.2, 0.25) is 0 Å². The van der Waals surface area contributed by atoms with Crippen LogP contribution < -0.4 is 41.7 Å². The molecule has 1 spiro atoms. The quantitative estimate of drug-likeness (QED) is 0.0789. The summed E-state index contributed by atoms with van der Waals surface area (Å²) in [7, 11) is -11.8. The van der Waals surface area contributed by atoms with Gasteiger partial charge in [-0.05, 0) is 0 Å². The van der Waals surface area contributed by atoms with E-state index in [0.29, 0.717) is 56.8 Å². The van der Waals surface area contributed by atoms with Crippen molar-refractivity contribution in [1.82, 2.24) is 14.6 Å². The average Bonchev–Trinajstić information content (AvgIpc) is 3.32. The van der Waals surface area contributed by atoms with Crippen LogP contribution in [0.4, 0.5) is 0 Å². The van der Waals surface area contributed by atoms with Crippen molar-refractivity contribution in [2.45, 2.75) is 0 Å². The fraction of sp³-hybridized carbons (Fsp3) is 0.0244. The van der Waals surface area contributed by atoms with E-state index in [0.717, 1.165) is 36.3 Å². The van der Waals surface area contributed by atoms with Crippen molar-refractivity contribution in [2.75, 3.05) is 5.90 Å². The van der Waals surface area contributed by atoms with Gasteiger partial charge in [0.25, 0.3) is 0 Å². The minimum absolute atomic E-state index is 0.144. The molecular weight excluding hydrogens is 818 g/mol. The normalized spacial score (nSPS) is 20.9. The third kappa shape index (κ3) is 6.61. The fourth-order valence-corrected chi connectivity index (χ4v) is 35.1. The Morgan fingerprint density at radius 2 is 0.707 bits per heavy atom. The van der Waals surface area contributed by atoms with E-state index in [1.54, 1.807) is 97.1 Å². The number of hydrogen-bond acceptors (Lipinski definition) is 13. The number of hydrogen-bond donors (Lipinski definition) is 3. The molecule has 4 heterocycles. The molecule has 1 unspecified atom stereocenters. The Morgan fingerprint density at radius 3 is 0.983 bits per heavy atom. The summed E-state index contributed by atoms with van der Waals surface area (Å²) < 4.78 is 43.1. The molecule has 13 nitrogen and oxygen atoms in total. The van der Waals surface area contributed by atoms with Crippen LogP contribution in [-0.4, -0.2) is 31.0 Å². The first-order chi connectivity index (χ1) is 28.0. The van der Waals surface area contributed by atoms with Gasteiger partial charge >= 0.3 is 336 Å². The number of rotatable bonds is 12. The molecule has 10 rings (SSSR count). The summed E-state index contributed by atoms with van der Waals surface area (Å²) in [4.78, 5) is 57.9. The summed E-state index contributed by atoms with van der Waals surface area (Å²) in [6, 6.07) is 41.0. The molecule has 3 fully saturated rings. The summed E-state index contributed by atoms with van der Waals surface area (Å²) in [5.41, 5.74) is 3.18. The molecule has 294 valence electrons. The van der Waals surface area contributed by atoms with E-state index in [9.17, 15) is 19.2 Å². The summed E-state index contributed by atoms with van der Waals surface area (Å²) in [6.07, 6.45) is 2.91. The maximum absolute atomic E-state index is 11.7. The zero-order valence-electron chi connectivity index (χ0n) is 30.4. The fourth-order valence-electron chi connectivity index (χ4n) is 7.42. The van der Waals surface area contributed by atoms with E-state index in [2.05, 4.69) is 23.5 Å². The molecule has 4 aliphatic rings. The molecular formula is C41H35N3O10P4. The Balaban J connectivity index is 1.32. The first kappa shape index (κ1) is 37.9. The Labute approximate surface area is 335 Å². The van der Waals surface area contributed by atoms with Gasteiger partial charge in [-0.1, -0.05) is 0 Å². The molecule has 0 aromatic heterocycles. The van der Waals surface area contributed by atoms with E-state index >= 15 is 0 Å². The van der Waals surface area contributed by atoms with Gasteiger partial charge in [-0.25, -0.2) is 0 Å². The zero-order chi connectivity index (χ0) is 40.1. The Kier molecular flexibility index (Phi) is 8.82. The van der Waals surface area contributed by atoms with Gasteiger partial charge in [0.1, 0.15) is 0 Å². The molecule has 3 saturated heterocycles. The van der Waals surface area contributed by atoms with Crippen LogP contribution >= 0.6 is 30.7 Å². The second kappa shape index (κ2) is 13.5. The van der Waals surface area contributed by atoms with Gasteiger partial charge in [0.2, 0.25) is 0 Å². The predicted octanol–water partition coefficient (Wildman–Crippen LogP) is 9.87. The van der Waals surface area contributed by atoms with Crippen LogP contribution in [-0.2, 0) is 0 Å². The topological polar surface area (TPSA) is 160 Å². The van der Waals surface area contributed by atoms with Crippen molar-refractivity contribution in [3.05, 3.63) is 168 Å². The second-order valence-electron chi connectivity index (χ2n) is 14.0. The second-order valence-corrected chi connectivity index (χ2v) is 28.0. The Hall–Kier alpha value is -5.60. The number of carbonyl (C=O) groups is 4. The van der Waals surface area contributed by atoms with Crippen molar-refractivity contribution in [1.29, 1.82) is 0 Å². The van der Waals surface area contributed by atoms with Crippen LogP contribution in [0, 0.1) is 0 Å². The molecule has 6 aromatic rings. The van der Waals surface area contributed by atoms with Crippen LogP contribution in [0.25, 0.3) is 11.1 Å². The Bertz CT molecular complexity index is 2330. The minimum atomic E-state index is -4.90.